The Labute approximate surface area is 123 Å². The third-order valence-electron chi connectivity index (χ3n) is 4.68. The molecule has 20 heavy (non-hydrogen) atoms. The molecule has 2 unspecified atom stereocenters. The quantitative estimate of drug-likeness (QED) is 0.827. The van der Waals surface area contributed by atoms with Crippen molar-refractivity contribution in [3.8, 4) is 5.75 Å². The van der Waals surface area contributed by atoms with Gasteiger partial charge in [0, 0.05) is 0 Å². The van der Waals surface area contributed by atoms with Crippen molar-refractivity contribution in [2.75, 3.05) is 6.61 Å². The van der Waals surface area contributed by atoms with Crippen LogP contribution in [0, 0.1) is 5.92 Å². The molecule has 0 aromatic heterocycles. The molecule has 0 saturated heterocycles. The Morgan fingerprint density at radius 3 is 2.40 bits per heavy atom. The maximum Gasteiger partial charge on any atom is 0.119 e. The van der Waals surface area contributed by atoms with E-state index in [0.717, 1.165) is 25.0 Å². The highest BCUT2D eigenvalue weighted by molar-refractivity contribution is 5.29. The second-order valence-electron chi connectivity index (χ2n) is 6.15. The maximum atomic E-state index is 10.2. The van der Waals surface area contributed by atoms with Crippen LogP contribution in [-0.2, 0) is 0 Å². The Morgan fingerprint density at radius 2 is 1.80 bits per heavy atom. The minimum Gasteiger partial charge on any atom is -0.491 e. The van der Waals surface area contributed by atoms with Gasteiger partial charge in [0.2, 0.25) is 0 Å². The number of hydrogen-bond acceptors (Lipinski definition) is 2. The summed E-state index contributed by atoms with van der Waals surface area (Å²) < 4.78 is 5.74. The van der Waals surface area contributed by atoms with Crippen molar-refractivity contribution in [1.29, 1.82) is 0 Å². The summed E-state index contributed by atoms with van der Waals surface area (Å²) in [6.07, 6.45) is 6.97. The summed E-state index contributed by atoms with van der Waals surface area (Å²) in [5.41, 5.74) is 1.35. The Bertz CT molecular complexity index is 379. The standard InChI is InChI=1S/C18H28O2/c1-3-14(2)15-9-11-17(12-10-15)20-13-18(19)16-7-5-4-6-8-16/h9-12,14,16,18-19H,3-8,13H2,1-2H3. The molecule has 0 bridgehead atoms. The van der Waals surface area contributed by atoms with Crippen molar-refractivity contribution in [3.63, 3.8) is 0 Å². The minimum absolute atomic E-state index is 0.315. The molecule has 1 aromatic carbocycles. The topological polar surface area (TPSA) is 29.5 Å². The largest absolute Gasteiger partial charge is 0.491 e. The normalized spacial score (nSPS) is 19.6. The zero-order valence-electron chi connectivity index (χ0n) is 12.8. The van der Waals surface area contributed by atoms with Crippen LogP contribution in [0.5, 0.6) is 5.75 Å². The molecular weight excluding hydrogens is 248 g/mol. The lowest BCUT2D eigenvalue weighted by Crippen LogP contribution is -2.28. The monoisotopic (exact) mass is 276 g/mol. The van der Waals surface area contributed by atoms with E-state index in [-0.39, 0.29) is 6.10 Å². The van der Waals surface area contributed by atoms with Crippen LogP contribution >= 0.6 is 0 Å². The number of rotatable bonds is 6. The van der Waals surface area contributed by atoms with Gasteiger partial charge in [-0.2, -0.15) is 0 Å². The fourth-order valence-corrected chi connectivity index (χ4v) is 2.96. The van der Waals surface area contributed by atoms with E-state index < -0.39 is 0 Å². The number of ether oxygens (including phenoxy) is 1. The Hall–Kier alpha value is -1.02. The highest BCUT2D eigenvalue weighted by atomic mass is 16.5. The summed E-state index contributed by atoms with van der Waals surface area (Å²) >= 11 is 0. The zero-order chi connectivity index (χ0) is 14.4. The lowest BCUT2D eigenvalue weighted by Gasteiger charge is -2.26. The Morgan fingerprint density at radius 1 is 1.15 bits per heavy atom. The summed E-state index contributed by atoms with van der Waals surface area (Å²) in [6.45, 7) is 4.87. The van der Waals surface area contributed by atoms with E-state index >= 15 is 0 Å². The SMILES string of the molecule is CCC(C)c1ccc(OCC(O)C2CCCCC2)cc1. The van der Waals surface area contributed by atoms with Crippen LogP contribution in [0.2, 0.25) is 0 Å². The molecule has 0 amide bonds. The molecule has 2 nitrogen and oxygen atoms in total. The average Bonchev–Trinajstić information content (AvgIpc) is 2.53. The zero-order valence-corrected chi connectivity index (χ0v) is 12.8. The molecule has 0 heterocycles. The molecule has 1 aliphatic rings. The van der Waals surface area contributed by atoms with E-state index in [2.05, 4.69) is 26.0 Å². The van der Waals surface area contributed by atoms with Crippen molar-refractivity contribution in [3.05, 3.63) is 29.8 Å². The van der Waals surface area contributed by atoms with Gasteiger partial charge in [-0.3, -0.25) is 0 Å². The van der Waals surface area contributed by atoms with Crippen molar-refractivity contribution in [2.24, 2.45) is 5.92 Å². The molecule has 2 heteroatoms. The molecule has 112 valence electrons. The fraction of sp³-hybridized carbons (Fsp3) is 0.667. The van der Waals surface area contributed by atoms with Crippen molar-refractivity contribution < 1.29 is 9.84 Å². The van der Waals surface area contributed by atoms with Gasteiger partial charge in [0.15, 0.2) is 0 Å². The Balaban J connectivity index is 1.81. The second-order valence-corrected chi connectivity index (χ2v) is 6.15. The lowest BCUT2D eigenvalue weighted by atomic mass is 9.85. The van der Waals surface area contributed by atoms with Gasteiger partial charge < -0.3 is 9.84 Å². The van der Waals surface area contributed by atoms with E-state index in [9.17, 15) is 5.11 Å². The molecule has 2 rings (SSSR count). The maximum absolute atomic E-state index is 10.2. The summed E-state index contributed by atoms with van der Waals surface area (Å²) in [6, 6.07) is 8.32. The molecule has 1 fully saturated rings. The van der Waals surface area contributed by atoms with E-state index in [4.69, 9.17) is 4.74 Å². The highest BCUT2D eigenvalue weighted by Crippen LogP contribution is 2.27. The van der Waals surface area contributed by atoms with Crippen molar-refractivity contribution in [2.45, 2.75) is 64.4 Å². The highest BCUT2D eigenvalue weighted by Gasteiger charge is 2.22. The van der Waals surface area contributed by atoms with Gasteiger partial charge in [-0.1, -0.05) is 45.2 Å². The predicted octanol–water partition coefficient (Wildman–Crippen LogP) is 4.52. The lowest BCUT2D eigenvalue weighted by molar-refractivity contribution is 0.0413. The van der Waals surface area contributed by atoms with Crippen molar-refractivity contribution >= 4 is 0 Å². The summed E-state index contributed by atoms with van der Waals surface area (Å²) in [4.78, 5) is 0. The molecule has 0 spiro atoms. The average molecular weight is 276 g/mol. The first-order valence-electron chi connectivity index (χ1n) is 8.11. The van der Waals surface area contributed by atoms with Gasteiger partial charge >= 0.3 is 0 Å². The van der Waals surface area contributed by atoms with Crippen LogP contribution in [0.4, 0.5) is 0 Å². The molecule has 2 atom stereocenters. The van der Waals surface area contributed by atoms with E-state index in [0.29, 0.717) is 18.4 Å². The van der Waals surface area contributed by atoms with Crippen LogP contribution in [0.3, 0.4) is 0 Å². The third-order valence-corrected chi connectivity index (χ3v) is 4.68. The molecule has 0 aliphatic heterocycles. The molecule has 1 aliphatic carbocycles. The van der Waals surface area contributed by atoms with Gasteiger partial charge in [0.05, 0.1) is 6.10 Å². The summed E-state index contributed by atoms with van der Waals surface area (Å²) in [5.74, 6) is 1.90. The van der Waals surface area contributed by atoms with Crippen LogP contribution in [-0.4, -0.2) is 17.8 Å². The van der Waals surface area contributed by atoms with Crippen LogP contribution in [0.15, 0.2) is 24.3 Å². The number of aliphatic hydroxyl groups excluding tert-OH is 1. The van der Waals surface area contributed by atoms with Crippen molar-refractivity contribution in [1.82, 2.24) is 0 Å². The van der Waals surface area contributed by atoms with E-state index in [1.54, 1.807) is 0 Å². The third kappa shape index (κ3) is 4.24. The van der Waals surface area contributed by atoms with Crippen LogP contribution in [0.1, 0.15) is 63.9 Å². The summed E-state index contributed by atoms with van der Waals surface area (Å²) in [7, 11) is 0. The van der Waals surface area contributed by atoms with Crippen LogP contribution in [0.25, 0.3) is 0 Å². The van der Waals surface area contributed by atoms with Gasteiger partial charge in [-0.15, -0.1) is 0 Å². The molecular formula is C18H28O2. The smallest absolute Gasteiger partial charge is 0.119 e. The second kappa shape index (κ2) is 7.68. The Kier molecular flexibility index (Phi) is 5.90. The molecule has 1 N–H and O–H groups in total. The molecule has 1 aromatic rings. The van der Waals surface area contributed by atoms with Gasteiger partial charge in [-0.25, -0.2) is 0 Å². The van der Waals surface area contributed by atoms with Gasteiger partial charge in [0.25, 0.3) is 0 Å². The molecule has 0 radical (unpaired) electrons. The van der Waals surface area contributed by atoms with Gasteiger partial charge in [-0.05, 0) is 48.8 Å². The number of hydrogen-bond donors (Lipinski definition) is 1. The van der Waals surface area contributed by atoms with E-state index in [1.165, 1.54) is 24.8 Å². The van der Waals surface area contributed by atoms with E-state index in [1.807, 2.05) is 12.1 Å². The number of aliphatic hydroxyl groups is 1. The number of benzene rings is 1. The minimum atomic E-state index is -0.315. The predicted molar refractivity (Wildman–Crippen MR) is 83.2 cm³/mol. The first-order chi connectivity index (χ1) is 9.70. The van der Waals surface area contributed by atoms with Crippen LogP contribution < -0.4 is 4.74 Å². The summed E-state index contributed by atoms with van der Waals surface area (Å²) in [5, 5.41) is 10.2. The first kappa shape index (κ1) is 15.4. The molecule has 1 saturated carbocycles. The first-order valence-corrected chi connectivity index (χ1v) is 8.11. The van der Waals surface area contributed by atoms with Gasteiger partial charge in [0.1, 0.15) is 12.4 Å². The fourth-order valence-electron chi connectivity index (χ4n) is 2.96.